The molecule has 0 bridgehead atoms. The van der Waals surface area contributed by atoms with Gasteiger partial charge in [0, 0.05) is 12.5 Å². The van der Waals surface area contributed by atoms with Crippen LogP contribution in [0.2, 0.25) is 0 Å². The molecule has 0 aromatic heterocycles. The second-order valence-electron chi connectivity index (χ2n) is 4.17. The lowest BCUT2D eigenvalue weighted by atomic mass is 10.2. The summed E-state index contributed by atoms with van der Waals surface area (Å²) in [6.07, 6.45) is 1.29. The van der Waals surface area contributed by atoms with Gasteiger partial charge in [0.15, 0.2) is 0 Å². The van der Waals surface area contributed by atoms with E-state index in [0.29, 0.717) is 4.31 Å². The van der Waals surface area contributed by atoms with Crippen LogP contribution < -0.4 is 5.32 Å². The van der Waals surface area contributed by atoms with Gasteiger partial charge in [-0.25, -0.2) is 12.7 Å². The number of carbonyl (C=O) groups excluding carboxylic acids is 2. The normalized spacial score (nSPS) is 21.6. The van der Waals surface area contributed by atoms with E-state index in [0.717, 1.165) is 6.26 Å². The Labute approximate surface area is 95.0 Å². The Morgan fingerprint density at radius 1 is 1.50 bits per heavy atom. The van der Waals surface area contributed by atoms with Crippen molar-refractivity contribution < 1.29 is 18.0 Å². The van der Waals surface area contributed by atoms with Gasteiger partial charge in [0.25, 0.3) is 0 Å². The van der Waals surface area contributed by atoms with Gasteiger partial charge < -0.3 is 5.32 Å². The lowest BCUT2D eigenvalue weighted by molar-refractivity contribution is -0.130. The highest BCUT2D eigenvalue weighted by atomic mass is 32.2. The highest BCUT2D eigenvalue weighted by molar-refractivity contribution is 7.89. The van der Waals surface area contributed by atoms with Crippen molar-refractivity contribution in [3.63, 3.8) is 0 Å². The molecule has 1 aliphatic rings. The first-order valence-corrected chi connectivity index (χ1v) is 6.91. The Morgan fingerprint density at radius 2 is 2.06 bits per heavy atom. The van der Waals surface area contributed by atoms with Crippen molar-refractivity contribution in [2.24, 2.45) is 0 Å². The number of rotatable bonds is 3. The molecule has 0 aliphatic carbocycles. The van der Waals surface area contributed by atoms with E-state index in [1.807, 2.05) is 0 Å². The number of nitrogens with zero attached hydrogens (tertiary/aromatic N) is 1. The van der Waals surface area contributed by atoms with Crippen LogP contribution in [-0.2, 0) is 19.6 Å². The molecule has 1 unspecified atom stereocenters. The summed E-state index contributed by atoms with van der Waals surface area (Å²) < 4.78 is 23.4. The van der Waals surface area contributed by atoms with Crippen LogP contribution >= 0.6 is 0 Å². The maximum Gasteiger partial charge on any atom is 0.244 e. The quantitative estimate of drug-likeness (QED) is 0.727. The topological polar surface area (TPSA) is 83.6 Å². The molecule has 1 N–H and O–H groups in total. The van der Waals surface area contributed by atoms with Crippen molar-refractivity contribution >= 4 is 21.8 Å². The van der Waals surface area contributed by atoms with Crippen LogP contribution in [0.25, 0.3) is 0 Å². The molecule has 1 rings (SSSR count). The van der Waals surface area contributed by atoms with Crippen molar-refractivity contribution in [1.29, 1.82) is 0 Å². The molecule has 16 heavy (non-hydrogen) atoms. The van der Waals surface area contributed by atoms with Crippen LogP contribution in [0, 0.1) is 0 Å². The summed E-state index contributed by atoms with van der Waals surface area (Å²) in [5, 5.41) is 2.61. The molecular formula is C9H16N2O4S. The van der Waals surface area contributed by atoms with Gasteiger partial charge in [0.1, 0.15) is 6.04 Å². The molecular weight excluding hydrogens is 232 g/mol. The number of nitrogens with one attached hydrogen (secondary N) is 1. The number of amides is 2. The Morgan fingerprint density at radius 3 is 2.50 bits per heavy atom. The molecule has 6 nitrogen and oxygen atoms in total. The van der Waals surface area contributed by atoms with Crippen LogP contribution in [0.1, 0.15) is 26.7 Å². The fourth-order valence-electron chi connectivity index (χ4n) is 1.70. The maximum absolute atomic E-state index is 11.7. The van der Waals surface area contributed by atoms with E-state index in [-0.39, 0.29) is 18.9 Å². The van der Waals surface area contributed by atoms with E-state index in [1.54, 1.807) is 13.8 Å². The molecule has 7 heteroatoms. The number of hydrogen-bond acceptors (Lipinski definition) is 4. The van der Waals surface area contributed by atoms with E-state index >= 15 is 0 Å². The van der Waals surface area contributed by atoms with Crippen molar-refractivity contribution in [2.75, 3.05) is 6.26 Å². The first-order valence-electron chi connectivity index (χ1n) is 5.06. The summed E-state index contributed by atoms with van der Waals surface area (Å²) in [6.45, 7) is 3.55. The zero-order chi connectivity index (χ0) is 12.5. The Kier molecular flexibility index (Phi) is 3.57. The van der Waals surface area contributed by atoms with Crippen molar-refractivity contribution in [2.45, 2.75) is 38.8 Å². The number of sulfonamides is 1. The minimum Gasteiger partial charge on any atom is -0.352 e. The van der Waals surface area contributed by atoms with E-state index in [9.17, 15) is 18.0 Å². The Hall–Kier alpha value is -1.11. The van der Waals surface area contributed by atoms with Crippen molar-refractivity contribution in [3.05, 3.63) is 0 Å². The van der Waals surface area contributed by atoms with E-state index < -0.39 is 27.9 Å². The van der Waals surface area contributed by atoms with Crippen molar-refractivity contribution in [3.8, 4) is 0 Å². The van der Waals surface area contributed by atoms with E-state index in [4.69, 9.17) is 0 Å². The molecule has 92 valence electrons. The van der Waals surface area contributed by atoms with Gasteiger partial charge >= 0.3 is 0 Å². The SMILES string of the molecule is CC(C)NC(=O)C1CCC(=O)N1S(C)(=O)=O. The van der Waals surface area contributed by atoms with Crippen LogP contribution in [0.4, 0.5) is 0 Å². The van der Waals surface area contributed by atoms with E-state index in [1.165, 1.54) is 0 Å². The summed E-state index contributed by atoms with van der Waals surface area (Å²) in [7, 11) is -3.66. The molecule has 0 saturated carbocycles. The molecule has 0 aromatic carbocycles. The lowest BCUT2D eigenvalue weighted by Gasteiger charge is -2.22. The molecule has 0 aromatic rings. The van der Waals surface area contributed by atoms with Gasteiger partial charge in [-0.2, -0.15) is 0 Å². The number of hydrogen-bond donors (Lipinski definition) is 1. The second kappa shape index (κ2) is 4.40. The minimum atomic E-state index is -3.66. The highest BCUT2D eigenvalue weighted by Gasteiger charge is 2.41. The maximum atomic E-state index is 11.7. The van der Waals surface area contributed by atoms with Gasteiger partial charge in [-0.1, -0.05) is 0 Å². The first kappa shape index (κ1) is 13.0. The molecule has 1 aliphatic heterocycles. The average Bonchev–Trinajstić information content (AvgIpc) is 2.44. The average molecular weight is 248 g/mol. The standard InChI is InChI=1S/C9H16N2O4S/c1-6(2)10-9(13)7-4-5-8(12)11(7)16(3,14)15/h6-7H,4-5H2,1-3H3,(H,10,13). The second-order valence-corrected chi connectivity index (χ2v) is 6.03. The zero-order valence-electron chi connectivity index (χ0n) is 9.56. The first-order chi connectivity index (χ1) is 7.23. The van der Waals surface area contributed by atoms with Crippen LogP contribution in [0.5, 0.6) is 0 Å². The Balaban J connectivity index is 2.89. The monoisotopic (exact) mass is 248 g/mol. The van der Waals surface area contributed by atoms with E-state index in [2.05, 4.69) is 5.32 Å². The molecule has 1 heterocycles. The van der Waals surface area contributed by atoms with Crippen LogP contribution in [0.15, 0.2) is 0 Å². The molecule has 2 amide bonds. The molecule has 1 atom stereocenters. The largest absolute Gasteiger partial charge is 0.352 e. The highest BCUT2D eigenvalue weighted by Crippen LogP contribution is 2.21. The summed E-state index contributed by atoms with van der Waals surface area (Å²) in [5.41, 5.74) is 0. The summed E-state index contributed by atoms with van der Waals surface area (Å²) in [4.78, 5) is 23.1. The van der Waals surface area contributed by atoms with Crippen LogP contribution in [-0.4, -0.2) is 42.9 Å². The van der Waals surface area contributed by atoms with Crippen LogP contribution in [0.3, 0.4) is 0 Å². The third-order valence-electron chi connectivity index (χ3n) is 2.25. The third kappa shape index (κ3) is 2.72. The van der Waals surface area contributed by atoms with Gasteiger partial charge in [-0.05, 0) is 20.3 Å². The van der Waals surface area contributed by atoms with Gasteiger partial charge in [0.2, 0.25) is 21.8 Å². The summed E-state index contributed by atoms with van der Waals surface area (Å²) >= 11 is 0. The molecule has 0 radical (unpaired) electrons. The molecule has 1 fully saturated rings. The van der Waals surface area contributed by atoms with Gasteiger partial charge in [-0.15, -0.1) is 0 Å². The minimum absolute atomic E-state index is 0.0791. The third-order valence-corrected chi connectivity index (χ3v) is 3.42. The zero-order valence-corrected chi connectivity index (χ0v) is 10.4. The van der Waals surface area contributed by atoms with Gasteiger partial charge in [0.05, 0.1) is 6.26 Å². The molecule has 1 saturated heterocycles. The molecule has 0 spiro atoms. The van der Waals surface area contributed by atoms with Gasteiger partial charge in [-0.3, -0.25) is 9.59 Å². The summed E-state index contributed by atoms with van der Waals surface area (Å²) in [6, 6.07) is -0.963. The summed E-state index contributed by atoms with van der Waals surface area (Å²) in [5.74, 6) is -0.919. The smallest absolute Gasteiger partial charge is 0.244 e. The number of carbonyl (C=O) groups is 2. The fourth-order valence-corrected chi connectivity index (χ4v) is 2.82. The predicted octanol–water partition coefficient (Wildman–Crippen LogP) is -0.538. The predicted molar refractivity (Wildman–Crippen MR) is 58.0 cm³/mol. The fraction of sp³-hybridized carbons (Fsp3) is 0.778. The Bertz CT molecular complexity index is 402. The van der Waals surface area contributed by atoms with Crippen molar-refractivity contribution in [1.82, 2.24) is 9.62 Å². The lowest BCUT2D eigenvalue weighted by Crippen LogP contribution is -2.48.